The highest BCUT2D eigenvalue weighted by molar-refractivity contribution is 6.36. The van der Waals surface area contributed by atoms with Crippen molar-refractivity contribution in [1.82, 2.24) is 5.32 Å². The highest BCUT2D eigenvalue weighted by atomic mass is 35.5. The Bertz CT molecular complexity index is 409. The summed E-state index contributed by atoms with van der Waals surface area (Å²) in [5.74, 6) is 0. The number of benzene rings is 1. The minimum atomic E-state index is 0.228. The molecule has 0 bridgehead atoms. The second kappa shape index (κ2) is 6.47. The van der Waals surface area contributed by atoms with Crippen LogP contribution in [0.25, 0.3) is 0 Å². The summed E-state index contributed by atoms with van der Waals surface area (Å²) in [6, 6.07) is 6.53. The summed E-state index contributed by atoms with van der Waals surface area (Å²) in [7, 11) is 0. The molecule has 1 aromatic rings. The van der Waals surface area contributed by atoms with Crippen LogP contribution < -0.4 is 5.32 Å². The van der Waals surface area contributed by atoms with Crippen LogP contribution in [-0.4, -0.2) is 12.6 Å². The monoisotopic (exact) mass is 299 g/mol. The predicted octanol–water partition coefficient (Wildman–Crippen LogP) is 5.09. The zero-order chi connectivity index (χ0) is 13.9. The molecule has 1 unspecified atom stereocenters. The molecule has 0 aromatic heterocycles. The standard InChI is InChI=1S/C16H23Cl2N/c1-3-9-16(2,11-19-12-7-8-12)10-13-14(17)5-4-6-15(13)18/h4-6,12,19H,3,7-11H2,1-2H3. The largest absolute Gasteiger partial charge is 0.313 e. The summed E-state index contributed by atoms with van der Waals surface area (Å²) in [6.45, 7) is 5.63. The van der Waals surface area contributed by atoms with Gasteiger partial charge in [0.25, 0.3) is 0 Å². The fraction of sp³-hybridized carbons (Fsp3) is 0.625. The van der Waals surface area contributed by atoms with Crippen LogP contribution in [0.1, 0.15) is 45.1 Å². The maximum atomic E-state index is 6.31. The van der Waals surface area contributed by atoms with E-state index in [9.17, 15) is 0 Å². The highest BCUT2D eigenvalue weighted by Crippen LogP contribution is 2.35. The average molecular weight is 300 g/mol. The van der Waals surface area contributed by atoms with Crippen LogP contribution in [0.5, 0.6) is 0 Å². The fourth-order valence-corrected chi connectivity index (χ4v) is 3.18. The second-order valence-corrected chi connectivity index (χ2v) is 6.91. The molecule has 0 amide bonds. The summed E-state index contributed by atoms with van der Waals surface area (Å²) in [5, 5.41) is 5.24. The van der Waals surface area contributed by atoms with Gasteiger partial charge in [0.2, 0.25) is 0 Å². The van der Waals surface area contributed by atoms with Crippen LogP contribution in [0.15, 0.2) is 18.2 Å². The smallest absolute Gasteiger partial charge is 0.0453 e. The van der Waals surface area contributed by atoms with Crippen molar-refractivity contribution in [2.24, 2.45) is 5.41 Å². The molecule has 1 aliphatic carbocycles. The van der Waals surface area contributed by atoms with Gasteiger partial charge in [0.05, 0.1) is 0 Å². The van der Waals surface area contributed by atoms with Gasteiger partial charge in [0.1, 0.15) is 0 Å². The van der Waals surface area contributed by atoms with Crippen LogP contribution in [0.3, 0.4) is 0 Å². The Morgan fingerprint density at radius 3 is 2.42 bits per heavy atom. The maximum absolute atomic E-state index is 6.31. The number of halogens is 2. The van der Waals surface area contributed by atoms with Crippen molar-refractivity contribution in [3.8, 4) is 0 Å². The molecule has 0 radical (unpaired) electrons. The first-order chi connectivity index (χ1) is 9.04. The van der Waals surface area contributed by atoms with E-state index in [1.54, 1.807) is 0 Å². The summed E-state index contributed by atoms with van der Waals surface area (Å²) in [4.78, 5) is 0. The maximum Gasteiger partial charge on any atom is 0.0453 e. The van der Waals surface area contributed by atoms with E-state index >= 15 is 0 Å². The van der Waals surface area contributed by atoms with E-state index < -0.39 is 0 Å². The lowest BCUT2D eigenvalue weighted by Crippen LogP contribution is -2.35. The quantitative estimate of drug-likeness (QED) is 0.739. The van der Waals surface area contributed by atoms with E-state index in [-0.39, 0.29) is 5.41 Å². The molecule has 1 fully saturated rings. The molecule has 0 saturated heterocycles. The Morgan fingerprint density at radius 1 is 1.26 bits per heavy atom. The summed E-state index contributed by atoms with van der Waals surface area (Å²) in [6.07, 6.45) is 5.97. The first-order valence-electron chi connectivity index (χ1n) is 7.20. The third-order valence-corrected chi connectivity index (χ3v) is 4.62. The number of hydrogen-bond donors (Lipinski definition) is 1. The summed E-state index contributed by atoms with van der Waals surface area (Å²) >= 11 is 12.6. The van der Waals surface area contributed by atoms with Gasteiger partial charge in [0.15, 0.2) is 0 Å². The fourth-order valence-electron chi connectivity index (χ4n) is 2.65. The van der Waals surface area contributed by atoms with Crippen molar-refractivity contribution >= 4 is 23.2 Å². The van der Waals surface area contributed by atoms with Gasteiger partial charge in [0, 0.05) is 22.6 Å². The van der Waals surface area contributed by atoms with Gasteiger partial charge >= 0.3 is 0 Å². The normalized spacial score (nSPS) is 18.3. The molecular formula is C16H23Cl2N. The molecule has 1 saturated carbocycles. The molecular weight excluding hydrogens is 277 g/mol. The third-order valence-electron chi connectivity index (χ3n) is 3.91. The average Bonchev–Trinajstić information content (AvgIpc) is 3.16. The van der Waals surface area contributed by atoms with E-state index in [4.69, 9.17) is 23.2 Å². The molecule has 1 nitrogen and oxygen atoms in total. The SMILES string of the molecule is CCCC(C)(CNC1CC1)Cc1c(Cl)cccc1Cl. The molecule has 3 heteroatoms. The van der Waals surface area contributed by atoms with Gasteiger partial charge < -0.3 is 5.32 Å². The number of hydrogen-bond acceptors (Lipinski definition) is 1. The van der Waals surface area contributed by atoms with Gasteiger partial charge in [-0.3, -0.25) is 0 Å². The highest BCUT2D eigenvalue weighted by Gasteiger charge is 2.29. The van der Waals surface area contributed by atoms with Crippen molar-refractivity contribution in [1.29, 1.82) is 0 Å². The van der Waals surface area contributed by atoms with Crippen molar-refractivity contribution in [2.45, 2.75) is 52.0 Å². The zero-order valence-corrected chi connectivity index (χ0v) is 13.3. The van der Waals surface area contributed by atoms with Crippen LogP contribution in [0.2, 0.25) is 10.0 Å². The number of rotatable bonds is 7. The lowest BCUT2D eigenvalue weighted by Gasteiger charge is -2.31. The van der Waals surface area contributed by atoms with Crippen LogP contribution in [-0.2, 0) is 6.42 Å². The van der Waals surface area contributed by atoms with E-state index in [1.807, 2.05) is 18.2 Å². The topological polar surface area (TPSA) is 12.0 Å². The van der Waals surface area contributed by atoms with E-state index in [0.717, 1.165) is 34.6 Å². The van der Waals surface area contributed by atoms with E-state index in [2.05, 4.69) is 19.2 Å². The van der Waals surface area contributed by atoms with Gasteiger partial charge in [-0.05, 0) is 48.8 Å². The van der Waals surface area contributed by atoms with E-state index in [1.165, 1.54) is 25.7 Å². The minimum absolute atomic E-state index is 0.228. The molecule has 1 atom stereocenters. The molecule has 2 rings (SSSR count). The Balaban J connectivity index is 2.09. The predicted molar refractivity (Wildman–Crippen MR) is 84.2 cm³/mol. The third kappa shape index (κ3) is 4.37. The molecule has 0 heterocycles. The van der Waals surface area contributed by atoms with Gasteiger partial charge in [-0.25, -0.2) is 0 Å². The lowest BCUT2D eigenvalue weighted by molar-refractivity contribution is 0.274. The molecule has 19 heavy (non-hydrogen) atoms. The molecule has 0 spiro atoms. The van der Waals surface area contributed by atoms with Crippen LogP contribution >= 0.6 is 23.2 Å². The van der Waals surface area contributed by atoms with Crippen molar-refractivity contribution in [2.75, 3.05) is 6.54 Å². The Kier molecular flexibility index (Phi) is 5.16. The Hall–Kier alpha value is -0.240. The van der Waals surface area contributed by atoms with Gasteiger partial charge in [-0.2, -0.15) is 0 Å². The Labute approximate surface area is 126 Å². The first kappa shape index (κ1) is 15.2. The molecule has 106 valence electrons. The molecule has 1 aliphatic rings. The molecule has 1 N–H and O–H groups in total. The number of nitrogens with one attached hydrogen (secondary N) is 1. The van der Waals surface area contributed by atoms with Crippen LogP contribution in [0, 0.1) is 5.41 Å². The zero-order valence-electron chi connectivity index (χ0n) is 11.8. The lowest BCUT2D eigenvalue weighted by atomic mass is 9.79. The van der Waals surface area contributed by atoms with Gasteiger partial charge in [-0.1, -0.05) is 49.5 Å². The van der Waals surface area contributed by atoms with Crippen molar-refractivity contribution in [3.63, 3.8) is 0 Å². The first-order valence-corrected chi connectivity index (χ1v) is 7.96. The molecule has 0 aliphatic heterocycles. The summed E-state index contributed by atoms with van der Waals surface area (Å²) in [5.41, 5.74) is 1.32. The van der Waals surface area contributed by atoms with Gasteiger partial charge in [-0.15, -0.1) is 0 Å². The molecule has 1 aromatic carbocycles. The van der Waals surface area contributed by atoms with E-state index in [0.29, 0.717) is 0 Å². The Morgan fingerprint density at radius 2 is 1.89 bits per heavy atom. The second-order valence-electron chi connectivity index (χ2n) is 6.09. The van der Waals surface area contributed by atoms with Crippen molar-refractivity contribution in [3.05, 3.63) is 33.8 Å². The van der Waals surface area contributed by atoms with Crippen molar-refractivity contribution < 1.29 is 0 Å². The van der Waals surface area contributed by atoms with Crippen LogP contribution in [0.4, 0.5) is 0 Å². The summed E-state index contributed by atoms with van der Waals surface area (Å²) < 4.78 is 0. The minimum Gasteiger partial charge on any atom is -0.313 e.